The van der Waals surface area contributed by atoms with Crippen LogP contribution < -0.4 is 5.43 Å². The summed E-state index contributed by atoms with van der Waals surface area (Å²) in [4.78, 5) is 52.8. The van der Waals surface area contributed by atoms with Gasteiger partial charge in [-0.15, -0.1) is 22.7 Å². The minimum absolute atomic E-state index is 0.0103. The molecule has 6 heterocycles. The van der Waals surface area contributed by atoms with Crippen LogP contribution in [-0.4, -0.2) is 68.5 Å². The average molecular weight is 929 g/mol. The number of thiophene rings is 2. The van der Waals surface area contributed by atoms with Crippen molar-refractivity contribution in [1.82, 2.24) is 19.8 Å². The second kappa shape index (κ2) is 22.9. The van der Waals surface area contributed by atoms with Gasteiger partial charge in [-0.3, -0.25) is 4.79 Å². The number of H-pyrrole nitrogens is 1. The number of carbonyl (C=O) groups is 2. The number of rotatable bonds is 9. The molecule has 0 radical (unpaired) electrons. The first-order chi connectivity index (χ1) is 31.8. The fraction of sp³-hybridized carbons (Fsp3) is 0.235. The van der Waals surface area contributed by atoms with E-state index in [-0.39, 0.29) is 42.9 Å². The van der Waals surface area contributed by atoms with Crippen molar-refractivity contribution in [3.63, 3.8) is 0 Å². The molecule has 0 saturated heterocycles. The van der Waals surface area contributed by atoms with Crippen molar-refractivity contribution >= 4 is 84.3 Å². The van der Waals surface area contributed by atoms with Gasteiger partial charge < -0.3 is 29.5 Å². The number of nitrogens with one attached hydrogen (secondary N) is 1. The molecule has 0 saturated carbocycles. The van der Waals surface area contributed by atoms with Crippen molar-refractivity contribution in [3.05, 3.63) is 181 Å². The van der Waals surface area contributed by atoms with E-state index < -0.39 is 0 Å². The summed E-state index contributed by atoms with van der Waals surface area (Å²) in [6, 6.07) is 36.2. The van der Waals surface area contributed by atoms with E-state index in [4.69, 9.17) is 26.3 Å². The molecule has 0 aliphatic carbocycles. The van der Waals surface area contributed by atoms with E-state index in [9.17, 15) is 14.4 Å². The number of oxime groups is 1. The normalized spacial score (nSPS) is 15.9. The highest BCUT2D eigenvalue weighted by Gasteiger charge is 2.32. The number of hydrogen-bond donors (Lipinski definition) is 2. The topological polar surface area (TPSA) is 137 Å². The number of amides is 2. The third-order valence-corrected chi connectivity index (χ3v) is 13.5. The SMILES string of the molecule is CCC1C(c2cc3c(=O)cc[nH]c3s2)=CCCN1C(=O)OCc1ccccc1.CCC1C(c2cc3c(Cl)ccnc3s2)=CCCN1C(=O)OCc1ccccc1.O/N=C/c1ccccc1. The van der Waals surface area contributed by atoms with Crippen molar-refractivity contribution in [2.24, 2.45) is 5.16 Å². The highest BCUT2D eigenvalue weighted by Crippen LogP contribution is 2.39. The van der Waals surface area contributed by atoms with Crippen LogP contribution in [0, 0.1) is 0 Å². The summed E-state index contributed by atoms with van der Waals surface area (Å²) in [5.74, 6) is 0. The Morgan fingerprint density at radius 3 is 1.80 bits per heavy atom. The fourth-order valence-corrected chi connectivity index (χ4v) is 10.4. The van der Waals surface area contributed by atoms with Crippen molar-refractivity contribution in [2.45, 2.75) is 64.8 Å². The Labute approximate surface area is 390 Å². The summed E-state index contributed by atoms with van der Waals surface area (Å²) in [6.07, 6.45) is 11.8. The Hall–Kier alpha value is -6.54. The summed E-state index contributed by atoms with van der Waals surface area (Å²) >= 11 is 9.50. The molecule has 0 fully saturated rings. The standard InChI is InChI=1S/C22H21ClN2O2S.C22H22N2O3S.C7H7NO/c1-2-19-16(20-13-17-18(23)10-11-24-21(17)28-20)9-6-12-25(19)22(26)27-14-15-7-4-3-5-8-15;1-2-18-16(20-13-17-19(25)10-11-23-21(17)28-20)9-6-12-24(18)22(26)27-14-15-7-4-3-5-8-15;9-8-6-7-4-2-1-3-5-7/h3-5,7-11,13,19H,2,6,12,14H2,1H3;3-5,7-11,13,18H,2,6,12,14H2,1H3,(H,23,25);1-6,9H/b;;8-6+. The van der Waals surface area contributed by atoms with Crippen molar-refractivity contribution < 1.29 is 24.3 Å². The van der Waals surface area contributed by atoms with Crippen molar-refractivity contribution in [3.8, 4) is 0 Å². The molecule has 11 nitrogen and oxygen atoms in total. The van der Waals surface area contributed by atoms with Crippen LogP contribution in [0.2, 0.25) is 5.02 Å². The van der Waals surface area contributed by atoms with Gasteiger partial charge in [-0.2, -0.15) is 0 Å². The Kier molecular flexibility index (Phi) is 16.4. The summed E-state index contributed by atoms with van der Waals surface area (Å²) < 4.78 is 11.2. The van der Waals surface area contributed by atoms with Crippen LogP contribution >= 0.6 is 34.3 Å². The third kappa shape index (κ3) is 11.8. The quantitative estimate of drug-likeness (QED) is 0.0835. The minimum Gasteiger partial charge on any atom is -0.445 e. The highest BCUT2D eigenvalue weighted by molar-refractivity contribution is 7.20. The Morgan fingerprint density at radius 2 is 1.29 bits per heavy atom. The van der Waals surface area contributed by atoms with E-state index in [1.807, 2.05) is 107 Å². The van der Waals surface area contributed by atoms with Crippen molar-refractivity contribution in [1.29, 1.82) is 0 Å². The van der Waals surface area contributed by atoms with E-state index in [2.05, 4.69) is 47.2 Å². The van der Waals surface area contributed by atoms with Crippen LogP contribution in [0.25, 0.3) is 31.6 Å². The number of fused-ring (bicyclic) bond motifs is 2. The molecule has 3 aromatic carbocycles. The van der Waals surface area contributed by atoms with Crippen LogP contribution in [0.15, 0.2) is 150 Å². The molecule has 4 aromatic heterocycles. The van der Waals surface area contributed by atoms with E-state index in [0.717, 1.165) is 78.3 Å². The predicted octanol–water partition coefficient (Wildman–Crippen LogP) is 12.4. The summed E-state index contributed by atoms with van der Waals surface area (Å²) in [7, 11) is 0. The van der Waals surface area contributed by atoms with Gasteiger partial charge >= 0.3 is 12.2 Å². The number of hydrogen-bond acceptors (Lipinski definition) is 10. The maximum atomic E-state index is 12.8. The lowest BCUT2D eigenvalue weighted by Gasteiger charge is -2.35. The molecule has 0 bridgehead atoms. The molecule has 9 rings (SSSR count). The van der Waals surface area contributed by atoms with Gasteiger partial charge in [-0.05, 0) is 71.7 Å². The van der Waals surface area contributed by atoms with Crippen LogP contribution in [-0.2, 0) is 22.7 Å². The lowest BCUT2D eigenvalue weighted by molar-refractivity contribution is 0.0864. The van der Waals surface area contributed by atoms with Crippen LogP contribution in [0.5, 0.6) is 0 Å². The molecular weight excluding hydrogens is 878 g/mol. The zero-order valence-corrected chi connectivity index (χ0v) is 38.5. The number of ether oxygens (including phenoxy) is 2. The smallest absolute Gasteiger partial charge is 0.410 e. The Balaban J connectivity index is 0.000000163. The van der Waals surface area contributed by atoms with Gasteiger partial charge in [-0.25, -0.2) is 14.6 Å². The lowest BCUT2D eigenvalue weighted by Crippen LogP contribution is -2.43. The number of aromatic amines is 1. The number of benzene rings is 3. The molecule has 2 N–H and O–H groups in total. The second-order valence-corrected chi connectivity index (χ2v) is 17.7. The lowest BCUT2D eigenvalue weighted by atomic mass is 9.96. The molecule has 2 aliphatic heterocycles. The number of carbonyl (C=O) groups excluding carboxylic acids is 2. The maximum absolute atomic E-state index is 12.8. The zero-order valence-electron chi connectivity index (χ0n) is 36.1. The largest absolute Gasteiger partial charge is 0.445 e. The van der Waals surface area contributed by atoms with E-state index in [0.29, 0.717) is 23.5 Å². The summed E-state index contributed by atoms with van der Waals surface area (Å²) in [5, 5.41) is 13.3. The predicted molar refractivity (Wildman–Crippen MR) is 263 cm³/mol. The molecule has 0 spiro atoms. The van der Waals surface area contributed by atoms with Crippen LogP contribution in [0.3, 0.4) is 0 Å². The average Bonchev–Trinajstić information content (AvgIpc) is 4.00. The van der Waals surface area contributed by atoms with E-state index >= 15 is 0 Å². The molecule has 7 aromatic rings. The molecule has 2 atom stereocenters. The van der Waals surface area contributed by atoms with Gasteiger partial charge in [0, 0.05) is 46.7 Å². The van der Waals surface area contributed by atoms with Crippen molar-refractivity contribution in [2.75, 3.05) is 13.1 Å². The van der Waals surface area contributed by atoms with E-state index in [1.165, 1.54) is 6.21 Å². The van der Waals surface area contributed by atoms with Gasteiger partial charge in [0.25, 0.3) is 0 Å². The van der Waals surface area contributed by atoms with E-state index in [1.54, 1.807) is 47.2 Å². The van der Waals surface area contributed by atoms with Gasteiger partial charge in [0.05, 0.1) is 28.7 Å². The first kappa shape index (κ1) is 46.5. The first-order valence-electron chi connectivity index (χ1n) is 21.5. The molecule has 65 heavy (non-hydrogen) atoms. The van der Waals surface area contributed by atoms with Gasteiger partial charge in [0.2, 0.25) is 0 Å². The summed E-state index contributed by atoms with van der Waals surface area (Å²) in [5.41, 5.74) is 5.13. The van der Waals surface area contributed by atoms with Gasteiger partial charge in [0.15, 0.2) is 5.43 Å². The zero-order chi connectivity index (χ0) is 45.5. The number of aromatic nitrogens is 2. The summed E-state index contributed by atoms with van der Waals surface area (Å²) in [6.45, 7) is 6.02. The first-order valence-corrected chi connectivity index (χ1v) is 23.5. The second-order valence-electron chi connectivity index (χ2n) is 15.2. The molecule has 2 unspecified atom stereocenters. The molecular formula is C51H50ClN5O6S2. The highest BCUT2D eigenvalue weighted by atomic mass is 35.5. The fourth-order valence-electron chi connectivity index (χ4n) is 7.85. The molecule has 334 valence electrons. The van der Waals surface area contributed by atoms with Gasteiger partial charge in [0.1, 0.15) is 22.9 Å². The van der Waals surface area contributed by atoms with Gasteiger partial charge in [-0.1, -0.05) is 134 Å². The maximum Gasteiger partial charge on any atom is 0.410 e. The number of nitrogens with zero attached hydrogens (tertiary/aromatic N) is 4. The Bertz CT molecular complexity index is 2830. The monoisotopic (exact) mass is 927 g/mol. The third-order valence-electron chi connectivity index (χ3n) is 11.0. The van der Waals surface area contributed by atoms with Crippen LogP contribution in [0.4, 0.5) is 9.59 Å². The van der Waals surface area contributed by atoms with Crippen LogP contribution in [0.1, 0.15) is 66.0 Å². The minimum atomic E-state index is -0.293. The number of pyridine rings is 2. The number of halogens is 1. The molecule has 2 aliphatic rings. The molecule has 14 heteroatoms. The molecule has 2 amide bonds. The Morgan fingerprint density at radius 1 is 0.769 bits per heavy atom.